The molecule has 176 valence electrons. The van der Waals surface area contributed by atoms with Crippen LogP contribution in [0, 0.1) is 13.8 Å². The first kappa shape index (κ1) is 23.5. The van der Waals surface area contributed by atoms with E-state index in [-0.39, 0.29) is 11.8 Å². The molecule has 6 nitrogen and oxygen atoms in total. The van der Waals surface area contributed by atoms with E-state index in [4.69, 9.17) is 0 Å². The number of benzene rings is 2. The van der Waals surface area contributed by atoms with Crippen molar-refractivity contribution in [3.63, 3.8) is 0 Å². The minimum Gasteiger partial charge on any atom is -0.358 e. The molecule has 0 unspecified atom stereocenters. The van der Waals surface area contributed by atoms with E-state index in [0.717, 1.165) is 59.0 Å². The minimum absolute atomic E-state index is 0.0920. The van der Waals surface area contributed by atoms with Gasteiger partial charge in [-0.05, 0) is 61.8 Å². The Bertz CT molecular complexity index is 1240. The lowest BCUT2D eigenvalue weighted by atomic mass is 9.98. The van der Waals surface area contributed by atoms with Crippen molar-refractivity contribution in [2.24, 2.45) is 0 Å². The number of fused-ring (bicyclic) bond motifs is 1. The van der Waals surface area contributed by atoms with Gasteiger partial charge >= 0.3 is 0 Å². The number of H-pyrrole nitrogens is 1. The van der Waals surface area contributed by atoms with E-state index in [9.17, 15) is 9.59 Å². The molecule has 0 spiro atoms. The molecule has 2 heterocycles. The normalized spacial score (nSPS) is 13.9. The molecule has 0 bridgehead atoms. The predicted molar refractivity (Wildman–Crippen MR) is 139 cm³/mol. The van der Waals surface area contributed by atoms with Crippen LogP contribution >= 0.6 is 0 Å². The van der Waals surface area contributed by atoms with Crippen molar-refractivity contribution in [1.29, 1.82) is 0 Å². The summed E-state index contributed by atoms with van der Waals surface area (Å²) >= 11 is 0. The second-order valence-electron chi connectivity index (χ2n) is 8.58. The number of hydrogen-bond donors (Lipinski definition) is 3. The Hall–Kier alpha value is -3.64. The van der Waals surface area contributed by atoms with E-state index in [1.54, 1.807) is 0 Å². The van der Waals surface area contributed by atoms with Gasteiger partial charge in [-0.1, -0.05) is 50.2 Å². The fourth-order valence-corrected chi connectivity index (χ4v) is 4.50. The smallest absolute Gasteiger partial charge is 0.256 e. The van der Waals surface area contributed by atoms with Crippen molar-refractivity contribution in [2.45, 2.75) is 27.7 Å². The first-order valence-corrected chi connectivity index (χ1v) is 11.9. The number of likely N-dealkylation sites (N-methyl/N-ethyl adjacent to an activating group) is 1. The number of amides is 2. The lowest BCUT2D eigenvalue weighted by Crippen LogP contribution is -2.35. The van der Waals surface area contributed by atoms with E-state index in [1.807, 2.05) is 56.3 Å². The van der Waals surface area contributed by atoms with Gasteiger partial charge in [0.25, 0.3) is 11.8 Å². The van der Waals surface area contributed by atoms with Crippen molar-refractivity contribution < 1.29 is 9.59 Å². The quantitative estimate of drug-likeness (QED) is 0.424. The molecule has 0 aliphatic carbocycles. The Labute approximate surface area is 201 Å². The van der Waals surface area contributed by atoms with Crippen molar-refractivity contribution in [1.82, 2.24) is 15.2 Å². The number of aromatic amines is 1. The Morgan fingerprint density at radius 2 is 1.76 bits per heavy atom. The van der Waals surface area contributed by atoms with Gasteiger partial charge in [0.15, 0.2) is 0 Å². The third kappa shape index (κ3) is 4.68. The predicted octanol–water partition coefficient (Wildman–Crippen LogP) is 4.86. The molecule has 2 aromatic carbocycles. The number of rotatable bonds is 8. The van der Waals surface area contributed by atoms with Crippen LogP contribution in [-0.2, 0) is 4.79 Å². The van der Waals surface area contributed by atoms with Crippen LogP contribution in [-0.4, -0.2) is 47.9 Å². The summed E-state index contributed by atoms with van der Waals surface area (Å²) in [6.45, 7) is 11.4. The highest BCUT2D eigenvalue weighted by Crippen LogP contribution is 2.36. The van der Waals surface area contributed by atoms with Crippen LogP contribution in [0.5, 0.6) is 0 Å². The summed E-state index contributed by atoms with van der Waals surface area (Å²) in [6.07, 6.45) is 1.85. The molecule has 0 fully saturated rings. The number of hydrogen-bond acceptors (Lipinski definition) is 3. The SMILES string of the molecule is CCN(CC)CCNC(=O)c1c(C)[nH]c(C=C2C(=O)Nc3ccc(-c4ccccc4)cc32)c1C. The third-order valence-corrected chi connectivity index (χ3v) is 6.51. The summed E-state index contributed by atoms with van der Waals surface area (Å²) in [4.78, 5) is 31.3. The zero-order chi connectivity index (χ0) is 24.2. The maximum Gasteiger partial charge on any atom is 0.256 e. The highest BCUT2D eigenvalue weighted by atomic mass is 16.2. The number of carbonyl (C=O) groups is 2. The van der Waals surface area contributed by atoms with Crippen LogP contribution in [0.3, 0.4) is 0 Å². The average Bonchev–Trinajstić information content (AvgIpc) is 3.31. The molecule has 1 aliphatic rings. The Kier molecular flexibility index (Phi) is 6.98. The van der Waals surface area contributed by atoms with Gasteiger partial charge in [-0.2, -0.15) is 0 Å². The molecule has 0 atom stereocenters. The second kappa shape index (κ2) is 10.1. The molecule has 3 N–H and O–H groups in total. The second-order valence-corrected chi connectivity index (χ2v) is 8.58. The molecule has 4 rings (SSSR count). The van der Waals surface area contributed by atoms with Gasteiger partial charge in [0.05, 0.1) is 11.1 Å². The van der Waals surface area contributed by atoms with Gasteiger partial charge in [0, 0.05) is 35.7 Å². The minimum atomic E-state index is -0.142. The van der Waals surface area contributed by atoms with Gasteiger partial charge < -0.3 is 20.5 Å². The number of anilines is 1. The summed E-state index contributed by atoms with van der Waals surface area (Å²) in [6, 6.07) is 16.1. The number of aromatic nitrogens is 1. The standard InChI is InChI=1S/C28H32N4O2/c1-5-32(6-2)15-14-29-28(34)26-18(3)25(30-19(26)4)17-23-22-16-21(20-10-8-7-9-11-20)12-13-24(22)31-27(23)33/h7-13,16-17,30H,5-6,14-15H2,1-4H3,(H,29,34)(H,31,33). The summed E-state index contributed by atoms with van der Waals surface area (Å²) < 4.78 is 0. The van der Waals surface area contributed by atoms with Gasteiger partial charge in [-0.15, -0.1) is 0 Å². The summed E-state index contributed by atoms with van der Waals surface area (Å²) in [5, 5.41) is 5.99. The molecule has 0 saturated heterocycles. The Morgan fingerprint density at radius 1 is 1.03 bits per heavy atom. The molecule has 0 radical (unpaired) electrons. The summed E-state index contributed by atoms with van der Waals surface area (Å²) in [7, 11) is 0. The van der Waals surface area contributed by atoms with Crippen molar-refractivity contribution in [3.8, 4) is 11.1 Å². The first-order chi connectivity index (χ1) is 16.4. The van der Waals surface area contributed by atoms with Crippen molar-refractivity contribution in [3.05, 3.63) is 76.6 Å². The van der Waals surface area contributed by atoms with Crippen LogP contribution in [0.25, 0.3) is 22.8 Å². The fraction of sp³-hybridized carbons (Fsp3) is 0.286. The zero-order valence-corrected chi connectivity index (χ0v) is 20.3. The van der Waals surface area contributed by atoms with Crippen LogP contribution in [0.2, 0.25) is 0 Å². The maximum absolute atomic E-state index is 12.9. The Morgan fingerprint density at radius 3 is 2.47 bits per heavy atom. The van der Waals surface area contributed by atoms with Crippen molar-refractivity contribution in [2.75, 3.05) is 31.5 Å². The van der Waals surface area contributed by atoms with Gasteiger partial charge in [-0.25, -0.2) is 0 Å². The van der Waals surface area contributed by atoms with Crippen LogP contribution in [0.1, 0.15) is 46.7 Å². The summed E-state index contributed by atoms with van der Waals surface area (Å²) in [5.41, 5.74) is 7.44. The molecule has 1 aliphatic heterocycles. The van der Waals surface area contributed by atoms with Gasteiger partial charge in [-0.3, -0.25) is 9.59 Å². The molecule has 2 amide bonds. The molecule has 6 heteroatoms. The number of nitrogens with zero attached hydrogens (tertiary/aromatic N) is 1. The first-order valence-electron chi connectivity index (χ1n) is 11.9. The van der Waals surface area contributed by atoms with Crippen LogP contribution in [0.15, 0.2) is 48.5 Å². The average molecular weight is 457 g/mol. The zero-order valence-electron chi connectivity index (χ0n) is 20.3. The molecular formula is C28H32N4O2. The molecule has 34 heavy (non-hydrogen) atoms. The molecule has 0 saturated carbocycles. The van der Waals surface area contributed by atoms with Gasteiger partial charge in [0.2, 0.25) is 0 Å². The summed E-state index contributed by atoms with van der Waals surface area (Å²) in [5.74, 6) is -0.234. The number of aryl methyl sites for hydroxylation is 1. The molecule has 1 aromatic heterocycles. The largest absolute Gasteiger partial charge is 0.358 e. The van der Waals surface area contributed by atoms with Gasteiger partial charge in [0.1, 0.15) is 0 Å². The monoisotopic (exact) mass is 456 g/mol. The van der Waals surface area contributed by atoms with E-state index in [0.29, 0.717) is 17.7 Å². The lowest BCUT2D eigenvalue weighted by molar-refractivity contribution is -0.110. The van der Waals surface area contributed by atoms with E-state index >= 15 is 0 Å². The maximum atomic E-state index is 12.9. The molecule has 3 aromatic rings. The van der Waals surface area contributed by atoms with E-state index in [1.165, 1.54) is 0 Å². The number of carbonyl (C=O) groups excluding carboxylic acids is 2. The van der Waals surface area contributed by atoms with Crippen LogP contribution in [0.4, 0.5) is 5.69 Å². The Balaban J connectivity index is 1.61. The van der Waals surface area contributed by atoms with Crippen molar-refractivity contribution >= 4 is 29.2 Å². The highest BCUT2D eigenvalue weighted by Gasteiger charge is 2.26. The third-order valence-electron chi connectivity index (χ3n) is 6.51. The molecular weight excluding hydrogens is 424 g/mol. The number of nitrogens with one attached hydrogen (secondary N) is 3. The van der Waals surface area contributed by atoms with Crippen LogP contribution < -0.4 is 10.6 Å². The highest BCUT2D eigenvalue weighted by molar-refractivity contribution is 6.35. The van der Waals surface area contributed by atoms with E-state index < -0.39 is 0 Å². The topological polar surface area (TPSA) is 77.2 Å². The lowest BCUT2D eigenvalue weighted by Gasteiger charge is -2.18. The van der Waals surface area contributed by atoms with E-state index in [2.05, 4.69) is 46.5 Å². The fourth-order valence-electron chi connectivity index (χ4n) is 4.50.